The van der Waals surface area contributed by atoms with E-state index in [4.69, 9.17) is 16.0 Å². The van der Waals surface area contributed by atoms with Crippen LogP contribution in [0.1, 0.15) is 17.0 Å². The van der Waals surface area contributed by atoms with Gasteiger partial charge in [-0.25, -0.2) is 4.98 Å². The fraction of sp³-hybridized carbons (Fsp3) is 0.267. The van der Waals surface area contributed by atoms with E-state index < -0.39 is 0 Å². The number of aromatic nitrogens is 2. The first kappa shape index (κ1) is 12.3. The third-order valence-electron chi connectivity index (χ3n) is 3.22. The van der Waals surface area contributed by atoms with Crippen molar-refractivity contribution in [2.75, 3.05) is 5.88 Å². The molecular formula is C15H15ClN2O. The molecule has 3 nitrogen and oxygen atoms in total. The molecule has 0 aliphatic heterocycles. The van der Waals surface area contributed by atoms with E-state index in [1.54, 1.807) is 12.5 Å². The average Bonchev–Trinajstić information content (AvgIpc) is 3.00. The molecule has 0 amide bonds. The van der Waals surface area contributed by atoms with Crippen LogP contribution in [0, 0.1) is 6.92 Å². The Balaban J connectivity index is 2.12. The molecule has 0 N–H and O–H groups in total. The first-order chi connectivity index (χ1) is 9.28. The molecule has 1 aromatic carbocycles. The molecule has 0 radical (unpaired) electrons. The maximum Gasteiger partial charge on any atom is 0.111 e. The van der Waals surface area contributed by atoms with Gasteiger partial charge in [-0.15, -0.1) is 11.6 Å². The van der Waals surface area contributed by atoms with Crippen molar-refractivity contribution in [3.8, 4) is 0 Å². The number of rotatable bonds is 4. The van der Waals surface area contributed by atoms with E-state index in [1.807, 2.05) is 6.07 Å². The van der Waals surface area contributed by atoms with Crippen LogP contribution in [0.5, 0.6) is 0 Å². The molecule has 0 bridgehead atoms. The van der Waals surface area contributed by atoms with Crippen molar-refractivity contribution in [3.05, 3.63) is 53.7 Å². The molecule has 3 rings (SSSR count). The molecule has 0 saturated carbocycles. The Morgan fingerprint density at radius 2 is 2.21 bits per heavy atom. The van der Waals surface area contributed by atoms with Crippen molar-refractivity contribution < 1.29 is 4.42 Å². The molecule has 4 heteroatoms. The molecule has 3 aromatic rings. The van der Waals surface area contributed by atoms with Crippen LogP contribution in [0.2, 0.25) is 0 Å². The van der Waals surface area contributed by atoms with Crippen LogP contribution >= 0.6 is 11.6 Å². The lowest BCUT2D eigenvalue weighted by Crippen LogP contribution is -2.05. The normalized spacial score (nSPS) is 11.3. The third kappa shape index (κ3) is 2.38. The Hall–Kier alpha value is -1.74. The Bertz CT molecular complexity index is 686. The van der Waals surface area contributed by atoms with Gasteiger partial charge in [-0.05, 0) is 30.7 Å². The van der Waals surface area contributed by atoms with Crippen LogP contribution in [0.25, 0.3) is 11.0 Å². The lowest BCUT2D eigenvalue weighted by molar-refractivity contribution is 0.562. The predicted octanol–water partition coefficient (Wildman–Crippen LogP) is 3.77. The van der Waals surface area contributed by atoms with Crippen molar-refractivity contribution in [2.45, 2.75) is 19.9 Å². The minimum Gasteiger partial charge on any atom is -0.472 e. The summed E-state index contributed by atoms with van der Waals surface area (Å²) in [4.78, 5) is 4.67. The number of hydrogen-bond donors (Lipinski definition) is 0. The first-order valence-electron chi connectivity index (χ1n) is 6.31. The maximum absolute atomic E-state index is 5.88. The van der Waals surface area contributed by atoms with Gasteiger partial charge >= 0.3 is 0 Å². The molecule has 0 aliphatic carbocycles. The second-order valence-corrected chi connectivity index (χ2v) is 5.05. The quantitative estimate of drug-likeness (QED) is 0.678. The van der Waals surface area contributed by atoms with Crippen LogP contribution in [0.4, 0.5) is 0 Å². The fourth-order valence-corrected chi connectivity index (χ4v) is 2.47. The molecule has 0 spiro atoms. The van der Waals surface area contributed by atoms with Crippen LogP contribution < -0.4 is 0 Å². The topological polar surface area (TPSA) is 31.0 Å². The summed E-state index contributed by atoms with van der Waals surface area (Å²) in [5.74, 6) is 1.60. The SMILES string of the molecule is Cc1ccc2nc(CCCl)n(Cc3ccoc3)c2c1. The van der Waals surface area contributed by atoms with Crippen LogP contribution in [0.15, 0.2) is 41.2 Å². The van der Waals surface area contributed by atoms with Gasteiger partial charge in [0.1, 0.15) is 5.82 Å². The van der Waals surface area contributed by atoms with Gasteiger partial charge in [-0.3, -0.25) is 0 Å². The van der Waals surface area contributed by atoms with E-state index in [-0.39, 0.29) is 0 Å². The summed E-state index contributed by atoms with van der Waals surface area (Å²) in [6.45, 7) is 2.86. The van der Waals surface area contributed by atoms with E-state index in [0.717, 1.165) is 35.4 Å². The third-order valence-corrected chi connectivity index (χ3v) is 3.41. The highest BCUT2D eigenvalue weighted by Crippen LogP contribution is 2.20. The molecular weight excluding hydrogens is 260 g/mol. The molecule has 0 saturated heterocycles. The highest BCUT2D eigenvalue weighted by molar-refractivity contribution is 6.17. The number of alkyl halides is 1. The Labute approximate surface area is 116 Å². The van der Waals surface area contributed by atoms with E-state index in [0.29, 0.717) is 5.88 Å². The van der Waals surface area contributed by atoms with E-state index in [9.17, 15) is 0 Å². The van der Waals surface area contributed by atoms with Crippen molar-refractivity contribution in [2.24, 2.45) is 0 Å². The lowest BCUT2D eigenvalue weighted by Gasteiger charge is -2.07. The van der Waals surface area contributed by atoms with Gasteiger partial charge in [0.15, 0.2) is 0 Å². The zero-order valence-electron chi connectivity index (χ0n) is 10.8. The highest BCUT2D eigenvalue weighted by atomic mass is 35.5. The Morgan fingerprint density at radius 3 is 2.95 bits per heavy atom. The summed E-state index contributed by atoms with van der Waals surface area (Å²) >= 11 is 5.88. The van der Waals surface area contributed by atoms with E-state index in [1.165, 1.54) is 5.56 Å². The standard InChI is InChI=1S/C15H15ClN2O/c1-11-2-3-13-14(8-11)18(15(17-13)4-6-16)9-12-5-7-19-10-12/h2-3,5,7-8,10H,4,6,9H2,1H3. The number of nitrogens with zero attached hydrogens (tertiary/aromatic N) is 2. The van der Waals surface area contributed by atoms with Crippen LogP contribution in [-0.2, 0) is 13.0 Å². The number of aryl methyl sites for hydroxylation is 2. The number of benzene rings is 1. The number of fused-ring (bicyclic) bond motifs is 1. The average molecular weight is 275 g/mol. The number of imidazole rings is 1. The molecule has 19 heavy (non-hydrogen) atoms. The first-order valence-corrected chi connectivity index (χ1v) is 6.84. The summed E-state index contributed by atoms with van der Waals surface area (Å²) in [5, 5.41) is 0. The number of halogens is 1. The van der Waals surface area contributed by atoms with Gasteiger partial charge in [0, 0.05) is 17.9 Å². The van der Waals surface area contributed by atoms with Gasteiger partial charge in [-0.1, -0.05) is 6.07 Å². The summed E-state index contributed by atoms with van der Waals surface area (Å²) in [7, 11) is 0. The van der Waals surface area contributed by atoms with Crippen LogP contribution in [0.3, 0.4) is 0 Å². The minimum atomic E-state index is 0.577. The zero-order valence-corrected chi connectivity index (χ0v) is 11.5. The highest BCUT2D eigenvalue weighted by Gasteiger charge is 2.11. The lowest BCUT2D eigenvalue weighted by atomic mass is 10.2. The molecule has 0 fully saturated rings. The van der Waals surface area contributed by atoms with Gasteiger partial charge in [0.05, 0.1) is 30.1 Å². The zero-order chi connectivity index (χ0) is 13.2. The van der Waals surface area contributed by atoms with Crippen molar-refractivity contribution in [1.29, 1.82) is 0 Å². The molecule has 0 atom stereocenters. The summed E-state index contributed by atoms with van der Waals surface area (Å²) in [6, 6.07) is 8.29. The van der Waals surface area contributed by atoms with Gasteiger partial charge < -0.3 is 8.98 Å². The molecule has 2 heterocycles. The molecule has 98 valence electrons. The van der Waals surface area contributed by atoms with Gasteiger partial charge in [0.25, 0.3) is 0 Å². The predicted molar refractivity (Wildman–Crippen MR) is 76.7 cm³/mol. The Kier molecular flexibility index (Phi) is 3.30. The molecule has 0 unspecified atom stereocenters. The largest absolute Gasteiger partial charge is 0.472 e. The Morgan fingerprint density at radius 1 is 1.32 bits per heavy atom. The maximum atomic E-state index is 5.88. The molecule has 0 aliphatic rings. The van der Waals surface area contributed by atoms with E-state index >= 15 is 0 Å². The van der Waals surface area contributed by atoms with E-state index in [2.05, 4.69) is 34.7 Å². The summed E-state index contributed by atoms with van der Waals surface area (Å²) in [5.41, 5.74) is 4.55. The number of furan rings is 1. The second kappa shape index (κ2) is 5.10. The second-order valence-electron chi connectivity index (χ2n) is 4.68. The van der Waals surface area contributed by atoms with Crippen molar-refractivity contribution in [1.82, 2.24) is 9.55 Å². The monoisotopic (exact) mass is 274 g/mol. The summed E-state index contributed by atoms with van der Waals surface area (Å²) < 4.78 is 7.36. The van der Waals surface area contributed by atoms with Crippen molar-refractivity contribution in [3.63, 3.8) is 0 Å². The smallest absolute Gasteiger partial charge is 0.111 e. The summed E-state index contributed by atoms with van der Waals surface area (Å²) in [6.07, 6.45) is 4.24. The molecule has 2 aromatic heterocycles. The number of hydrogen-bond acceptors (Lipinski definition) is 2. The van der Waals surface area contributed by atoms with Gasteiger partial charge in [-0.2, -0.15) is 0 Å². The van der Waals surface area contributed by atoms with Crippen molar-refractivity contribution >= 4 is 22.6 Å². The van der Waals surface area contributed by atoms with Gasteiger partial charge in [0.2, 0.25) is 0 Å². The minimum absolute atomic E-state index is 0.577. The van der Waals surface area contributed by atoms with Crippen LogP contribution in [-0.4, -0.2) is 15.4 Å². The fourth-order valence-electron chi connectivity index (χ4n) is 2.30.